The molecule has 0 spiro atoms. The normalized spacial score (nSPS) is 10.5. The molecule has 0 unspecified atom stereocenters. The van der Waals surface area contributed by atoms with E-state index >= 15 is 0 Å². The molecule has 0 atom stereocenters. The van der Waals surface area contributed by atoms with E-state index in [2.05, 4.69) is 6.92 Å². The average Bonchev–Trinajstić information content (AvgIpc) is 2.63. The second kappa shape index (κ2) is 23.2. The van der Waals surface area contributed by atoms with Crippen LogP contribution in [0.25, 0.3) is 0 Å². The van der Waals surface area contributed by atoms with Crippen LogP contribution in [0.4, 0.5) is 0 Å². The summed E-state index contributed by atoms with van der Waals surface area (Å²) in [6, 6.07) is 0. The van der Waals surface area contributed by atoms with Crippen LogP contribution in [-0.4, -0.2) is 33.2 Å². The molecule has 0 saturated carbocycles. The summed E-state index contributed by atoms with van der Waals surface area (Å²) in [5.41, 5.74) is 0. The molecule has 3 N–H and O–H groups in total. The van der Waals surface area contributed by atoms with Crippen LogP contribution in [0.15, 0.2) is 12.2 Å². The number of rotatable bonds is 18. The van der Waals surface area contributed by atoms with E-state index in [1.807, 2.05) is 0 Å². The van der Waals surface area contributed by atoms with E-state index in [0.29, 0.717) is 18.6 Å². The lowest BCUT2D eigenvalue weighted by Crippen LogP contribution is -1.93. The monoisotopic (exact) mass is 400 g/mol. The summed E-state index contributed by atoms with van der Waals surface area (Å²) in [5, 5.41) is 24.1. The maximum Gasteiger partial charge on any atom is 0.328 e. The highest BCUT2D eigenvalue weighted by atomic mass is 16.4. The van der Waals surface area contributed by atoms with Crippen molar-refractivity contribution in [3.63, 3.8) is 0 Å². The molecule has 28 heavy (non-hydrogen) atoms. The van der Waals surface area contributed by atoms with Gasteiger partial charge in [0.2, 0.25) is 0 Å². The largest absolute Gasteiger partial charge is 0.481 e. The molecular formula is C22H40O6. The van der Waals surface area contributed by atoms with Gasteiger partial charge < -0.3 is 15.3 Å². The third-order valence-electron chi connectivity index (χ3n) is 4.36. The van der Waals surface area contributed by atoms with Gasteiger partial charge in [-0.1, -0.05) is 96.8 Å². The second-order valence-corrected chi connectivity index (χ2v) is 7.10. The van der Waals surface area contributed by atoms with Crippen molar-refractivity contribution in [1.82, 2.24) is 0 Å². The van der Waals surface area contributed by atoms with Gasteiger partial charge in [0.25, 0.3) is 0 Å². The number of carboxylic acids is 3. The minimum Gasteiger partial charge on any atom is -0.481 e. The van der Waals surface area contributed by atoms with Gasteiger partial charge in [-0.05, 0) is 6.42 Å². The summed E-state index contributed by atoms with van der Waals surface area (Å²) in [7, 11) is 0. The molecule has 0 aliphatic heterocycles. The molecule has 0 heterocycles. The number of hydrogen-bond donors (Lipinski definition) is 3. The summed E-state index contributed by atoms with van der Waals surface area (Å²) in [6.45, 7) is 2.27. The minimum atomic E-state index is -1.26. The van der Waals surface area contributed by atoms with Crippen molar-refractivity contribution < 1.29 is 29.7 Å². The van der Waals surface area contributed by atoms with E-state index in [0.717, 1.165) is 12.8 Å². The maximum atomic E-state index is 10.3. The Labute approximate surface area is 170 Å². The molecule has 0 aromatic heterocycles. The molecule has 0 radical (unpaired) electrons. The predicted molar refractivity (Wildman–Crippen MR) is 112 cm³/mol. The van der Waals surface area contributed by atoms with Crippen LogP contribution in [-0.2, 0) is 14.4 Å². The Kier molecular flexibility index (Phi) is 23.5. The quantitative estimate of drug-likeness (QED) is 0.191. The fourth-order valence-electron chi connectivity index (χ4n) is 2.79. The summed E-state index contributed by atoms with van der Waals surface area (Å²) in [5.74, 6) is -3.17. The van der Waals surface area contributed by atoms with Gasteiger partial charge >= 0.3 is 17.9 Å². The van der Waals surface area contributed by atoms with Gasteiger partial charge in [0.15, 0.2) is 0 Å². The van der Waals surface area contributed by atoms with Crippen LogP contribution in [0.3, 0.4) is 0 Å². The second-order valence-electron chi connectivity index (χ2n) is 7.10. The van der Waals surface area contributed by atoms with Gasteiger partial charge in [-0.15, -0.1) is 0 Å². The molecule has 0 bridgehead atoms. The molecular weight excluding hydrogens is 360 g/mol. The zero-order valence-electron chi connectivity index (χ0n) is 17.5. The van der Waals surface area contributed by atoms with Crippen LogP contribution < -0.4 is 0 Å². The van der Waals surface area contributed by atoms with Gasteiger partial charge in [0.1, 0.15) is 0 Å². The van der Waals surface area contributed by atoms with Gasteiger partial charge in [-0.25, -0.2) is 9.59 Å². The minimum absolute atomic E-state index is 0.345. The lowest BCUT2D eigenvalue weighted by molar-refractivity contribution is -0.137. The van der Waals surface area contributed by atoms with Crippen LogP contribution in [0, 0.1) is 0 Å². The third-order valence-corrected chi connectivity index (χ3v) is 4.36. The highest BCUT2D eigenvalue weighted by Crippen LogP contribution is 2.13. The first kappa shape index (κ1) is 28.4. The highest BCUT2D eigenvalue weighted by Gasteiger charge is 1.97. The Morgan fingerprint density at radius 2 is 0.821 bits per heavy atom. The first-order chi connectivity index (χ1) is 13.4. The van der Waals surface area contributed by atoms with Crippen LogP contribution >= 0.6 is 0 Å². The van der Waals surface area contributed by atoms with Crippen molar-refractivity contribution in [2.24, 2.45) is 0 Å². The molecule has 0 amide bonds. The lowest BCUT2D eigenvalue weighted by atomic mass is 10.0. The molecule has 0 aromatic rings. The zero-order chi connectivity index (χ0) is 21.5. The van der Waals surface area contributed by atoms with Crippen LogP contribution in [0.1, 0.15) is 110 Å². The fourth-order valence-corrected chi connectivity index (χ4v) is 2.79. The average molecular weight is 401 g/mol. The number of hydrogen-bond acceptors (Lipinski definition) is 3. The predicted octanol–water partition coefficient (Wildman–Crippen LogP) is 6.04. The Morgan fingerprint density at radius 1 is 0.536 bits per heavy atom. The van der Waals surface area contributed by atoms with Gasteiger partial charge in [0.05, 0.1) is 0 Å². The van der Waals surface area contributed by atoms with Crippen LogP contribution in [0.2, 0.25) is 0 Å². The smallest absolute Gasteiger partial charge is 0.328 e. The fraction of sp³-hybridized carbons (Fsp3) is 0.773. The number of unbranched alkanes of at least 4 members (excludes halogenated alkanes) is 14. The molecule has 164 valence electrons. The first-order valence-electron chi connectivity index (χ1n) is 10.8. The zero-order valence-corrected chi connectivity index (χ0v) is 17.5. The van der Waals surface area contributed by atoms with Crippen molar-refractivity contribution in [1.29, 1.82) is 0 Å². The molecule has 0 saturated heterocycles. The van der Waals surface area contributed by atoms with Crippen LogP contribution in [0.5, 0.6) is 0 Å². The summed E-state index contributed by atoms with van der Waals surface area (Å²) >= 11 is 0. The Balaban J connectivity index is 0. The Bertz CT molecular complexity index is 401. The molecule has 6 heteroatoms. The number of aliphatic carboxylic acids is 3. The van der Waals surface area contributed by atoms with E-state index in [4.69, 9.17) is 15.3 Å². The van der Waals surface area contributed by atoms with E-state index in [1.165, 1.54) is 83.5 Å². The first-order valence-corrected chi connectivity index (χ1v) is 10.8. The topological polar surface area (TPSA) is 112 Å². The van der Waals surface area contributed by atoms with Gasteiger partial charge in [-0.3, -0.25) is 4.79 Å². The SMILES string of the molecule is CCCCCCCCCCCCCCCCCC(=O)O.O=C(O)/C=C/C(=O)O. The number of carboxylic acid groups (broad SMARTS) is 3. The molecule has 0 fully saturated rings. The van der Waals surface area contributed by atoms with Crippen molar-refractivity contribution in [2.75, 3.05) is 0 Å². The van der Waals surface area contributed by atoms with Gasteiger partial charge in [0, 0.05) is 18.6 Å². The van der Waals surface area contributed by atoms with Gasteiger partial charge in [-0.2, -0.15) is 0 Å². The summed E-state index contributed by atoms with van der Waals surface area (Å²) in [4.78, 5) is 29.4. The van der Waals surface area contributed by atoms with Crippen molar-refractivity contribution in [3.05, 3.63) is 12.2 Å². The van der Waals surface area contributed by atoms with Crippen molar-refractivity contribution in [2.45, 2.75) is 110 Å². The third kappa shape index (κ3) is 31.9. The van der Waals surface area contributed by atoms with Crippen molar-refractivity contribution >= 4 is 17.9 Å². The highest BCUT2D eigenvalue weighted by molar-refractivity contribution is 5.89. The van der Waals surface area contributed by atoms with E-state index in [-0.39, 0.29) is 0 Å². The molecule has 6 nitrogen and oxygen atoms in total. The maximum absolute atomic E-state index is 10.3. The van der Waals surface area contributed by atoms with E-state index < -0.39 is 17.9 Å². The van der Waals surface area contributed by atoms with E-state index in [9.17, 15) is 14.4 Å². The molecule has 0 aliphatic carbocycles. The Hall–Kier alpha value is -1.85. The Morgan fingerprint density at radius 3 is 1.07 bits per heavy atom. The molecule has 0 rings (SSSR count). The summed E-state index contributed by atoms with van der Waals surface area (Å²) < 4.78 is 0. The van der Waals surface area contributed by atoms with E-state index in [1.54, 1.807) is 0 Å². The molecule has 0 aliphatic rings. The van der Waals surface area contributed by atoms with Crippen molar-refractivity contribution in [3.8, 4) is 0 Å². The molecule has 0 aromatic carbocycles. The summed E-state index contributed by atoms with van der Waals surface area (Å²) in [6.07, 6.45) is 21.3. The lowest BCUT2D eigenvalue weighted by Gasteiger charge is -2.03. The number of carbonyl (C=O) groups is 3. The standard InChI is InChI=1S/C18H36O2.C4H4O4/c1-2-3-4-5-6-7-8-9-10-11-12-13-14-15-16-17-18(19)20;5-3(6)1-2-4(7)8/h2-17H2,1H3,(H,19,20);1-2H,(H,5,6)(H,7,8)/b;2-1+.